The molecule has 1 aromatic carbocycles. The molecule has 152 valence electrons. The Bertz CT molecular complexity index is 545. The lowest BCUT2D eigenvalue weighted by Crippen LogP contribution is -2.47. The highest BCUT2D eigenvalue weighted by atomic mass is 16.5. The number of ether oxygens (including phenoxy) is 1. The van der Waals surface area contributed by atoms with Gasteiger partial charge in [0, 0.05) is 39.3 Å². The molecule has 1 amide bonds. The highest BCUT2D eigenvalue weighted by molar-refractivity contribution is 5.64. The maximum atomic E-state index is 10.4. The number of carboxylic acid groups (broad SMARTS) is 1. The average molecular weight is 379 g/mol. The number of amides is 1. The first kappa shape index (κ1) is 21.5. The van der Waals surface area contributed by atoms with Crippen molar-refractivity contribution in [1.82, 2.24) is 20.0 Å². The molecule has 1 aromatic rings. The highest BCUT2D eigenvalue weighted by Crippen LogP contribution is 2.12. The monoisotopic (exact) mass is 378 g/mol. The van der Waals surface area contributed by atoms with Gasteiger partial charge in [0.15, 0.2) is 0 Å². The molecule has 7 heteroatoms. The molecule has 0 atom stereocenters. The van der Waals surface area contributed by atoms with Gasteiger partial charge in [-0.1, -0.05) is 12.1 Å². The molecule has 0 saturated carbocycles. The van der Waals surface area contributed by atoms with Gasteiger partial charge in [-0.25, -0.2) is 4.79 Å². The van der Waals surface area contributed by atoms with E-state index < -0.39 is 6.09 Å². The van der Waals surface area contributed by atoms with Crippen LogP contribution in [-0.4, -0.2) is 92.4 Å². The van der Waals surface area contributed by atoms with Crippen LogP contribution in [0, 0.1) is 0 Å². The van der Waals surface area contributed by atoms with Crippen LogP contribution in [0.3, 0.4) is 0 Å². The van der Waals surface area contributed by atoms with E-state index in [1.807, 2.05) is 12.1 Å². The number of hydrogen-bond acceptors (Lipinski definition) is 5. The number of hydrogen-bond donors (Lipinski definition) is 2. The number of nitrogens with zero attached hydrogens (tertiary/aromatic N) is 3. The van der Waals surface area contributed by atoms with Crippen molar-refractivity contribution in [2.45, 2.75) is 19.4 Å². The summed E-state index contributed by atoms with van der Waals surface area (Å²) in [4.78, 5) is 17.8. The summed E-state index contributed by atoms with van der Waals surface area (Å²) in [5.41, 5.74) is 1.31. The van der Waals surface area contributed by atoms with Gasteiger partial charge in [-0.15, -0.1) is 0 Å². The Hall–Kier alpha value is -1.83. The molecular weight excluding hydrogens is 344 g/mol. The van der Waals surface area contributed by atoms with Gasteiger partial charge in [-0.05, 0) is 57.2 Å². The third kappa shape index (κ3) is 8.60. The molecule has 2 N–H and O–H groups in total. The SMILES string of the molecule is COc1ccc(CN(C)CCCN2CCN(CCCNC(=O)O)CC2)cc1. The summed E-state index contributed by atoms with van der Waals surface area (Å²) >= 11 is 0. The van der Waals surface area contributed by atoms with E-state index in [4.69, 9.17) is 9.84 Å². The maximum Gasteiger partial charge on any atom is 0.404 e. The van der Waals surface area contributed by atoms with E-state index in [0.717, 1.165) is 64.5 Å². The molecule has 1 aliphatic heterocycles. The molecule has 2 rings (SSSR count). The first-order valence-electron chi connectivity index (χ1n) is 9.80. The zero-order valence-electron chi connectivity index (χ0n) is 16.7. The Morgan fingerprint density at radius 2 is 1.70 bits per heavy atom. The molecule has 0 unspecified atom stereocenters. The normalized spacial score (nSPS) is 15.8. The lowest BCUT2D eigenvalue weighted by molar-refractivity contribution is 0.126. The molecular formula is C20H34N4O3. The van der Waals surface area contributed by atoms with E-state index in [1.54, 1.807) is 7.11 Å². The highest BCUT2D eigenvalue weighted by Gasteiger charge is 2.16. The summed E-state index contributed by atoms with van der Waals surface area (Å²) < 4.78 is 5.20. The van der Waals surface area contributed by atoms with Crippen LogP contribution in [-0.2, 0) is 6.54 Å². The Labute approximate surface area is 162 Å². The van der Waals surface area contributed by atoms with Gasteiger partial charge in [-0.2, -0.15) is 0 Å². The van der Waals surface area contributed by atoms with Crippen LogP contribution in [0.4, 0.5) is 4.79 Å². The molecule has 1 aliphatic rings. The number of rotatable bonds is 11. The molecule has 0 aliphatic carbocycles. The van der Waals surface area contributed by atoms with Crippen molar-refractivity contribution in [2.24, 2.45) is 0 Å². The van der Waals surface area contributed by atoms with Gasteiger partial charge in [-0.3, -0.25) is 0 Å². The van der Waals surface area contributed by atoms with Crippen molar-refractivity contribution in [3.05, 3.63) is 29.8 Å². The number of benzene rings is 1. The largest absolute Gasteiger partial charge is 0.497 e. The van der Waals surface area contributed by atoms with Crippen molar-refractivity contribution < 1.29 is 14.6 Å². The topological polar surface area (TPSA) is 68.3 Å². The zero-order valence-corrected chi connectivity index (χ0v) is 16.7. The van der Waals surface area contributed by atoms with Gasteiger partial charge in [0.25, 0.3) is 0 Å². The van der Waals surface area contributed by atoms with Crippen LogP contribution in [0.5, 0.6) is 5.75 Å². The summed E-state index contributed by atoms with van der Waals surface area (Å²) in [7, 11) is 3.87. The zero-order chi connectivity index (χ0) is 19.5. The second kappa shape index (κ2) is 11.8. The fourth-order valence-corrected chi connectivity index (χ4v) is 3.42. The van der Waals surface area contributed by atoms with E-state index in [2.05, 4.69) is 39.2 Å². The van der Waals surface area contributed by atoms with Crippen molar-refractivity contribution in [1.29, 1.82) is 0 Å². The summed E-state index contributed by atoms with van der Waals surface area (Å²) in [5.74, 6) is 0.902. The molecule has 7 nitrogen and oxygen atoms in total. The van der Waals surface area contributed by atoms with Crippen LogP contribution in [0.15, 0.2) is 24.3 Å². The van der Waals surface area contributed by atoms with Gasteiger partial charge in [0.1, 0.15) is 5.75 Å². The van der Waals surface area contributed by atoms with Gasteiger partial charge in [0.2, 0.25) is 0 Å². The first-order valence-corrected chi connectivity index (χ1v) is 9.80. The number of methoxy groups -OCH3 is 1. The minimum Gasteiger partial charge on any atom is -0.497 e. The Morgan fingerprint density at radius 1 is 1.11 bits per heavy atom. The standard InChI is InChI=1S/C20H34N4O3/c1-22(17-18-5-7-19(27-2)8-6-18)10-4-12-24-15-13-23(14-16-24)11-3-9-21-20(25)26/h5-8,21H,3-4,9-17H2,1-2H3,(H,25,26). The first-order chi connectivity index (χ1) is 13.1. The van der Waals surface area contributed by atoms with Crippen LogP contribution in [0.2, 0.25) is 0 Å². The third-order valence-electron chi connectivity index (χ3n) is 5.02. The lowest BCUT2D eigenvalue weighted by Gasteiger charge is -2.35. The van der Waals surface area contributed by atoms with Crippen molar-refractivity contribution in [2.75, 3.05) is 66.5 Å². The maximum absolute atomic E-state index is 10.4. The molecule has 0 aromatic heterocycles. The smallest absolute Gasteiger partial charge is 0.404 e. The van der Waals surface area contributed by atoms with Crippen LogP contribution >= 0.6 is 0 Å². The van der Waals surface area contributed by atoms with E-state index in [0.29, 0.717) is 6.54 Å². The second-order valence-corrected chi connectivity index (χ2v) is 7.21. The van der Waals surface area contributed by atoms with E-state index in [9.17, 15) is 4.79 Å². The Kier molecular flexibility index (Phi) is 9.38. The predicted octanol–water partition coefficient (Wildman–Crippen LogP) is 1.79. The molecule has 1 fully saturated rings. The number of piperazine rings is 1. The minimum absolute atomic E-state index is 0.538. The Morgan fingerprint density at radius 3 is 2.26 bits per heavy atom. The summed E-state index contributed by atoms with van der Waals surface area (Å²) in [5, 5.41) is 11.0. The quantitative estimate of drug-likeness (QED) is 0.572. The molecule has 27 heavy (non-hydrogen) atoms. The molecule has 0 spiro atoms. The van der Waals surface area contributed by atoms with Gasteiger partial charge in [0.05, 0.1) is 7.11 Å². The van der Waals surface area contributed by atoms with Crippen molar-refractivity contribution in [3.8, 4) is 5.75 Å². The molecule has 0 radical (unpaired) electrons. The van der Waals surface area contributed by atoms with Gasteiger partial charge >= 0.3 is 6.09 Å². The molecule has 0 bridgehead atoms. The summed E-state index contributed by atoms with van der Waals surface area (Å²) in [6.07, 6.45) is 1.12. The molecule has 1 saturated heterocycles. The van der Waals surface area contributed by atoms with Crippen LogP contribution < -0.4 is 10.1 Å². The second-order valence-electron chi connectivity index (χ2n) is 7.21. The lowest BCUT2D eigenvalue weighted by atomic mass is 10.2. The number of carbonyl (C=O) groups is 1. The van der Waals surface area contributed by atoms with Crippen LogP contribution in [0.25, 0.3) is 0 Å². The third-order valence-corrected chi connectivity index (χ3v) is 5.02. The predicted molar refractivity (Wildman–Crippen MR) is 107 cm³/mol. The fraction of sp³-hybridized carbons (Fsp3) is 0.650. The summed E-state index contributed by atoms with van der Waals surface area (Å²) in [6, 6.07) is 8.28. The van der Waals surface area contributed by atoms with E-state index in [-0.39, 0.29) is 0 Å². The van der Waals surface area contributed by atoms with Crippen molar-refractivity contribution in [3.63, 3.8) is 0 Å². The van der Waals surface area contributed by atoms with Gasteiger partial charge < -0.3 is 29.9 Å². The average Bonchev–Trinajstić information content (AvgIpc) is 2.67. The molecule has 1 heterocycles. The minimum atomic E-state index is -0.934. The van der Waals surface area contributed by atoms with E-state index in [1.165, 1.54) is 12.0 Å². The summed E-state index contributed by atoms with van der Waals surface area (Å²) in [6.45, 7) is 9.07. The van der Waals surface area contributed by atoms with E-state index >= 15 is 0 Å². The van der Waals surface area contributed by atoms with Crippen LogP contribution in [0.1, 0.15) is 18.4 Å². The Balaban J connectivity index is 1.53. The van der Waals surface area contributed by atoms with Crippen molar-refractivity contribution >= 4 is 6.09 Å². The number of nitrogens with one attached hydrogen (secondary N) is 1. The fourth-order valence-electron chi connectivity index (χ4n) is 3.42.